The number of aliphatic hydroxyl groups is 1. The molecule has 0 bridgehead atoms. The summed E-state index contributed by atoms with van der Waals surface area (Å²) in [4.78, 5) is 0. The van der Waals surface area contributed by atoms with Gasteiger partial charge < -0.3 is 9.84 Å². The molecule has 0 saturated carbocycles. The van der Waals surface area contributed by atoms with Crippen LogP contribution in [0.4, 0.5) is 0 Å². The number of aryl methyl sites for hydroxylation is 2. The zero-order chi connectivity index (χ0) is 14.5. The molecule has 0 atom stereocenters. The Morgan fingerprint density at radius 2 is 2.00 bits per heavy atom. The summed E-state index contributed by atoms with van der Waals surface area (Å²) in [6.07, 6.45) is 1.89. The van der Waals surface area contributed by atoms with Gasteiger partial charge in [-0.2, -0.15) is 5.10 Å². The topological polar surface area (TPSA) is 47.3 Å². The molecule has 0 aliphatic rings. The summed E-state index contributed by atoms with van der Waals surface area (Å²) in [5.41, 5.74) is 4.26. The highest BCUT2D eigenvalue weighted by Crippen LogP contribution is 2.22. The van der Waals surface area contributed by atoms with Crippen LogP contribution < -0.4 is 4.74 Å². The van der Waals surface area contributed by atoms with Crippen molar-refractivity contribution in [1.29, 1.82) is 0 Å². The quantitative estimate of drug-likeness (QED) is 0.880. The Morgan fingerprint density at radius 1 is 1.20 bits per heavy atom. The van der Waals surface area contributed by atoms with Crippen LogP contribution in [0.25, 0.3) is 0 Å². The molecule has 1 aromatic heterocycles. The van der Waals surface area contributed by atoms with Crippen LogP contribution in [0.15, 0.2) is 24.3 Å². The molecule has 0 aliphatic heterocycles. The van der Waals surface area contributed by atoms with E-state index in [9.17, 15) is 5.11 Å². The fraction of sp³-hybridized carbons (Fsp3) is 0.438. The molecule has 4 nitrogen and oxygen atoms in total. The maximum atomic E-state index is 9.27. The van der Waals surface area contributed by atoms with Crippen molar-refractivity contribution in [2.24, 2.45) is 0 Å². The van der Waals surface area contributed by atoms with Gasteiger partial charge in [-0.25, -0.2) is 0 Å². The molecule has 2 rings (SSSR count). The Labute approximate surface area is 120 Å². The van der Waals surface area contributed by atoms with Crippen LogP contribution in [0.5, 0.6) is 5.75 Å². The van der Waals surface area contributed by atoms with Gasteiger partial charge in [0.2, 0.25) is 0 Å². The lowest BCUT2D eigenvalue weighted by molar-refractivity contribution is 0.281. The standard InChI is InChI=1S/C16H22N2O2/c1-4-14-9-15(5-2)18(17-14)10-13-8-12(11-19)6-7-16(13)20-3/h6-9,19H,4-5,10-11H2,1-3H3. The predicted molar refractivity (Wildman–Crippen MR) is 79.0 cm³/mol. The molecule has 20 heavy (non-hydrogen) atoms. The number of benzene rings is 1. The zero-order valence-electron chi connectivity index (χ0n) is 12.4. The van der Waals surface area contributed by atoms with Crippen LogP contribution in [0.3, 0.4) is 0 Å². The first-order valence-corrected chi connectivity index (χ1v) is 7.04. The average Bonchev–Trinajstić information content (AvgIpc) is 2.89. The van der Waals surface area contributed by atoms with E-state index >= 15 is 0 Å². The van der Waals surface area contributed by atoms with Crippen molar-refractivity contribution in [3.05, 3.63) is 46.8 Å². The number of aliphatic hydroxyl groups excluding tert-OH is 1. The summed E-state index contributed by atoms with van der Waals surface area (Å²) >= 11 is 0. The summed E-state index contributed by atoms with van der Waals surface area (Å²) in [5, 5.41) is 13.9. The minimum atomic E-state index is 0.0386. The van der Waals surface area contributed by atoms with Crippen molar-refractivity contribution >= 4 is 0 Å². The largest absolute Gasteiger partial charge is 0.496 e. The van der Waals surface area contributed by atoms with Crippen LogP contribution in [-0.2, 0) is 26.0 Å². The van der Waals surface area contributed by atoms with Crippen molar-refractivity contribution in [2.45, 2.75) is 39.8 Å². The highest BCUT2D eigenvalue weighted by Gasteiger charge is 2.10. The first-order chi connectivity index (χ1) is 9.71. The summed E-state index contributed by atoms with van der Waals surface area (Å²) < 4.78 is 7.43. The second-order valence-electron chi connectivity index (χ2n) is 4.80. The summed E-state index contributed by atoms with van der Waals surface area (Å²) in [6, 6.07) is 7.91. The molecule has 1 heterocycles. The lowest BCUT2D eigenvalue weighted by Crippen LogP contribution is -2.07. The summed E-state index contributed by atoms with van der Waals surface area (Å²) in [5.74, 6) is 0.831. The molecular formula is C16H22N2O2. The number of methoxy groups -OCH3 is 1. The third-order valence-electron chi connectivity index (χ3n) is 3.49. The smallest absolute Gasteiger partial charge is 0.123 e. The van der Waals surface area contributed by atoms with E-state index in [-0.39, 0.29) is 6.61 Å². The molecule has 1 aromatic carbocycles. The summed E-state index contributed by atoms with van der Waals surface area (Å²) in [7, 11) is 1.67. The van der Waals surface area contributed by atoms with Crippen molar-refractivity contribution in [3.8, 4) is 5.75 Å². The highest BCUT2D eigenvalue weighted by molar-refractivity contribution is 5.37. The van der Waals surface area contributed by atoms with Crippen LogP contribution in [0, 0.1) is 0 Å². The van der Waals surface area contributed by atoms with Crippen molar-refractivity contribution in [3.63, 3.8) is 0 Å². The molecule has 0 spiro atoms. The monoisotopic (exact) mass is 274 g/mol. The fourth-order valence-corrected chi connectivity index (χ4v) is 2.32. The zero-order valence-corrected chi connectivity index (χ0v) is 12.4. The molecule has 0 amide bonds. The molecule has 4 heteroatoms. The normalized spacial score (nSPS) is 10.8. The van der Waals surface area contributed by atoms with Crippen LogP contribution in [0.1, 0.15) is 36.4 Å². The van der Waals surface area contributed by atoms with Gasteiger partial charge >= 0.3 is 0 Å². The minimum Gasteiger partial charge on any atom is -0.496 e. The third-order valence-corrected chi connectivity index (χ3v) is 3.49. The second kappa shape index (κ2) is 6.57. The molecule has 108 valence electrons. The third kappa shape index (κ3) is 3.02. The molecule has 0 saturated heterocycles. The summed E-state index contributed by atoms with van der Waals surface area (Å²) in [6.45, 7) is 4.95. The Balaban J connectivity index is 2.35. The highest BCUT2D eigenvalue weighted by atomic mass is 16.5. The van der Waals surface area contributed by atoms with E-state index < -0.39 is 0 Å². The van der Waals surface area contributed by atoms with Gasteiger partial charge in [0.05, 0.1) is 26.0 Å². The maximum Gasteiger partial charge on any atom is 0.123 e. The fourth-order valence-electron chi connectivity index (χ4n) is 2.32. The predicted octanol–water partition coefficient (Wildman–Crippen LogP) is 2.56. The minimum absolute atomic E-state index is 0.0386. The van der Waals surface area contributed by atoms with Gasteiger partial charge in [0.25, 0.3) is 0 Å². The first kappa shape index (κ1) is 14.6. The molecule has 0 unspecified atom stereocenters. The van der Waals surface area contributed by atoms with Crippen molar-refractivity contribution < 1.29 is 9.84 Å². The van der Waals surface area contributed by atoms with Crippen molar-refractivity contribution in [1.82, 2.24) is 9.78 Å². The average molecular weight is 274 g/mol. The first-order valence-electron chi connectivity index (χ1n) is 7.04. The van der Waals surface area contributed by atoms with Gasteiger partial charge in [0.1, 0.15) is 5.75 Å². The lowest BCUT2D eigenvalue weighted by Gasteiger charge is -2.12. The Morgan fingerprint density at radius 3 is 2.60 bits per heavy atom. The number of ether oxygens (including phenoxy) is 1. The van der Waals surface area contributed by atoms with Crippen LogP contribution in [0.2, 0.25) is 0 Å². The van der Waals surface area contributed by atoms with Gasteiger partial charge in [-0.3, -0.25) is 4.68 Å². The molecular weight excluding hydrogens is 252 g/mol. The van der Waals surface area contributed by atoms with Gasteiger partial charge in [-0.15, -0.1) is 0 Å². The molecule has 2 aromatic rings. The number of hydrogen-bond acceptors (Lipinski definition) is 3. The van der Waals surface area contributed by atoms with E-state index in [0.717, 1.165) is 35.4 Å². The van der Waals surface area contributed by atoms with Crippen LogP contribution in [-0.4, -0.2) is 22.0 Å². The van der Waals surface area contributed by atoms with E-state index in [1.807, 2.05) is 22.9 Å². The van der Waals surface area contributed by atoms with Gasteiger partial charge in [0, 0.05) is 11.3 Å². The molecule has 0 aliphatic carbocycles. The van der Waals surface area contributed by atoms with E-state index in [1.165, 1.54) is 5.69 Å². The maximum absolute atomic E-state index is 9.27. The van der Waals surface area contributed by atoms with E-state index in [1.54, 1.807) is 7.11 Å². The number of aromatic nitrogens is 2. The lowest BCUT2D eigenvalue weighted by atomic mass is 10.1. The Hall–Kier alpha value is -1.81. The van der Waals surface area contributed by atoms with Crippen molar-refractivity contribution in [2.75, 3.05) is 7.11 Å². The van der Waals surface area contributed by atoms with Gasteiger partial charge in [-0.1, -0.05) is 19.9 Å². The number of nitrogens with zero attached hydrogens (tertiary/aromatic N) is 2. The van der Waals surface area contributed by atoms with Gasteiger partial charge in [0.15, 0.2) is 0 Å². The van der Waals surface area contributed by atoms with Gasteiger partial charge in [-0.05, 0) is 36.6 Å². The Bertz CT molecular complexity index is 576. The van der Waals surface area contributed by atoms with Crippen LogP contribution >= 0.6 is 0 Å². The van der Waals surface area contributed by atoms with E-state index in [2.05, 4.69) is 25.0 Å². The SMILES string of the molecule is CCc1cc(CC)n(Cc2cc(CO)ccc2OC)n1. The number of hydrogen-bond donors (Lipinski definition) is 1. The molecule has 1 N–H and O–H groups in total. The van der Waals surface area contributed by atoms with E-state index in [0.29, 0.717) is 6.54 Å². The second-order valence-corrected chi connectivity index (χ2v) is 4.80. The molecule has 0 radical (unpaired) electrons. The number of rotatable bonds is 6. The Kier molecular flexibility index (Phi) is 4.79. The van der Waals surface area contributed by atoms with E-state index in [4.69, 9.17) is 4.74 Å². The molecule has 0 fully saturated rings.